The molecule has 0 spiro atoms. The van der Waals surface area contributed by atoms with Crippen LogP contribution in [0.4, 0.5) is 0 Å². The monoisotopic (exact) mass is 247 g/mol. The predicted octanol–water partition coefficient (Wildman–Crippen LogP) is 2.75. The number of hydrogen-bond acceptors (Lipinski definition) is 2. The van der Waals surface area contributed by atoms with Crippen molar-refractivity contribution in [1.29, 1.82) is 0 Å². The van der Waals surface area contributed by atoms with Crippen LogP contribution in [0.1, 0.15) is 25.3 Å². The van der Waals surface area contributed by atoms with Crippen molar-refractivity contribution in [3.63, 3.8) is 0 Å². The molecule has 0 aliphatic heterocycles. The lowest BCUT2D eigenvalue weighted by Crippen LogP contribution is -2.30. The average Bonchev–Trinajstić information content (AvgIpc) is 2.35. The summed E-state index contributed by atoms with van der Waals surface area (Å²) in [5.74, 6) is -0.779. The first kappa shape index (κ1) is 14.5. The van der Waals surface area contributed by atoms with Crippen LogP contribution in [0.25, 0.3) is 0 Å². The van der Waals surface area contributed by atoms with Gasteiger partial charge in [0.15, 0.2) is 0 Å². The first-order chi connectivity index (χ1) is 8.43. The van der Waals surface area contributed by atoms with E-state index in [4.69, 9.17) is 5.11 Å². The second-order valence-electron chi connectivity index (χ2n) is 4.80. The summed E-state index contributed by atoms with van der Waals surface area (Å²) in [6.07, 6.45) is 1.84. The molecule has 3 nitrogen and oxygen atoms in total. The topological polar surface area (TPSA) is 40.5 Å². The number of aliphatic carboxylic acids is 1. The Balaban J connectivity index is 3.11. The van der Waals surface area contributed by atoms with Gasteiger partial charge in [-0.1, -0.05) is 36.4 Å². The van der Waals surface area contributed by atoms with Crippen LogP contribution in [0.15, 0.2) is 42.0 Å². The number of hydrogen-bond donors (Lipinski definition) is 1. The molecule has 3 heteroatoms. The highest BCUT2D eigenvalue weighted by Gasteiger charge is 2.20. The van der Waals surface area contributed by atoms with Crippen LogP contribution in [-0.4, -0.2) is 36.1 Å². The third-order valence-corrected chi connectivity index (χ3v) is 3.29. The number of nitrogens with zero attached hydrogens (tertiary/aromatic N) is 1. The fraction of sp³-hybridized carbons (Fsp3) is 0.400. The van der Waals surface area contributed by atoms with E-state index in [1.807, 2.05) is 50.5 Å². The quantitative estimate of drug-likeness (QED) is 0.813. The molecule has 0 aromatic heterocycles. The van der Waals surface area contributed by atoms with Gasteiger partial charge in [-0.3, -0.25) is 0 Å². The number of carboxylic acid groups (broad SMARTS) is 1. The van der Waals surface area contributed by atoms with Gasteiger partial charge in [-0.05, 0) is 33.5 Å². The lowest BCUT2D eigenvalue weighted by molar-refractivity contribution is -0.132. The third kappa shape index (κ3) is 3.70. The van der Waals surface area contributed by atoms with Crippen molar-refractivity contribution in [1.82, 2.24) is 4.90 Å². The second kappa shape index (κ2) is 6.36. The second-order valence-corrected chi connectivity index (χ2v) is 4.80. The van der Waals surface area contributed by atoms with Crippen LogP contribution in [0, 0.1) is 0 Å². The Bertz CT molecular complexity index is 423. The summed E-state index contributed by atoms with van der Waals surface area (Å²) in [7, 11) is 4.01. The minimum atomic E-state index is -0.859. The summed E-state index contributed by atoms with van der Waals surface area (Å²) >= 11 is 0. The number of rotatable bonds is 5. The summed E-state index contributed by atoms with van der Waals surface area (Å²) in [5.41, 5.74) is 1.52. The molecule has 0 saturated carbocycles. The van der Waals surface area contributed by atoms with E-state index < -0.39 is 5.97 Å². The van der Waals surface area contributed by atoms with Crippen LogP contribution in [0.2, 0.25) is 0 Å². The van der Waals surface area contributed by atoms with Gasteiger partial charge in [-0.15, -0.1) is 0 Å². The molecule has 18 heavy (non-hydrogen) atoms. The third-order valence-electron chi connectivity index (χ3n) is 3.29. The molecule has 2 unspecified atom stereocenters. The molecule has 2 atom stereocenters. The fourth-order valence-corrected chi connectivity index (χ4v) is 1.85. The minimum Gasteiger partial charge on any atom is -0.478 e. The Morgan fingerprint density at radius 2 is 1.83 bits per heavy atom. The first-order valence-electron chi connectivity index (χ1n) is 6.06. The van der Waals surface area contributed by atoms with Crippen molar-refractivity contribution in [2.45, 2.75) is 25.8 Å². The van der Waals surface area contributed by atoms with E-state index in [0.29, 0.717) is 5.57 Å². The summed E-state index contributed by atoms with van der Waals surface area (Å²) in [4.78, 5) is 13.1. The Hall–Kier alpha value is -1.61. The number of benzene rings is 1. The van der Waals surface area contributed by atoms with Crippen LogP contribution in [0.3, 0.4) is 0 Å². The lowest BCUT2D eigenvalue weighted by Gasteiger charge is -2.28. The zero-order chi connectivity index (χ0) is 13.7. The summed E-state index contributed by atoms with van der Waals surface area (Å²) in [6, 6.07) is 10.2. The van der Waals surface area contributed by atoms with Crippen molar-refractivity contribution in [3.05, 3.63) is 47.5 Å². The molecule has 98 valence electrons. The van der Waals surface area contributed by atoms with E-state index >= 15 is 0 Å². The Morgan fingerprint density at radius 1 is 1.28 bits per heavy atom. The van der Waals surface area contributed by atoms with E-state index in [-0.39, 0.29) is 12.0 Å². The van der Waals surface area contributed by atoms with Crippen LogP contribution in [0.5, 0.6) is 0 Å². The normalized spacial score (nSPS) is 15.5. The molecule has 0 fully saturated rings. The average molecular weight is 247 g/mol. The van der Waals surface area contributed by atoms with Crippen LogP contribution >= 0.6 is 0 Å². The molecule has 0 aliphatic carbocycles. The molecule has 0 radical (unpaired) electrons. The molecule has 0 heterocycles. The molecule has 0 aliphatic rings. The summed E-state index contributed by atoms with van der Waals surface area (Å²) < 4.78 is 0. The maximum Gasteiger partial charge on any atom is 0.330 e. The molecule has 0 amide bonds. The lowest BCUT2D eigenvalue weighted by atomic mass is 9.90. The van der Waals surface area contributed by atoms with Gasteiger partial charge >= 0.3 is 5.97 Å². The molecule has 1 rings (SSSR count). The highest BCUT2D eigenvalue weighted by atomic mass is 16.4. The molecule has 0 saturated heterocycles. The van der Waals surface area contributed by atoms with E-state index in [0.717, 1.165) is 5.56 Å². The SMILES string of the molecule is CC(=CC(c1ccccc1)C(C)N(C)C)C(=O)O. The van der Waals surface area contributed by atoms with Gasteiger partial charge in [-0.2, -0.15) is 0 Å². The van der Waals surface area contributed by atoms with E-state index in [9.17, 15) is 4.79 Å². The maximum absolute atomic E-state index is 11.0. The standard InChI is InChI=1S/C15H21NO2/c1-11(15(17)18)10-14(12(2)16(3)4)13-8-6-5-7-9-13/h5-10,12,14H,1-4H3,(H,17,18). The highest BCUT2D eigenvalue weighted by molar-refractivity contribution is 5.86. The van der Waals surface area contributed by atoms with Crippen molar-refractivity contribution in [2.24, 2.45) is 0 Å². The van der Waals surface area contributed by atoms with Crippen LogP contribution < -0.4 is 0 Å². The van der Waals surface area contributed by atoms with E-state index in [1.54, 1.807) is 6.92 Å². The number of carboxylic acids is 1. The largest absolute Gasteiger partial charge is 0.478 e. The zero-order valence-electron chi connectivity index (χ0n) is 11.4. The molecule has 1 aromatic carbocycles. The van der Waals surface area contributed by atoms with Crippen LogP contribution in [-0.2, 0) is 4.79 Å². The molecular formula is C15H21NO2. The van der Waals surface area contributed by atoms with Crippen molar-refractivity contribution in [3.8, 4) is 0 Å². The predicted molar refractivity (Wildman–Crippen MR) is 73.7 cm³/mol. The van der Waals surface area contributed by atoms with Gasteiger partial charge in [0.05, 0.1) is 0 Å². The van der Waals surface area contributed by atoms with Gasteiger partial charge in [0, 0.05) is 17.5 Å². The molecule has 0 bridgehead atoms. The molecule has 1 N–H and O–H groups in total. The first-order valence-corrected chi connectivity index (χ1v) is 6.06. The van der Waals surface area contributed by atoms with Gasteiger partial charge in [0.2, 0.25) is 0 Å². The van der Waals surface area contributed by atoms with Crippen molar-refractivity contribution >= 4 is 5.97 Å². The molecule has 1 aromatic rings. The molecular weight excluding hydrogens is 226 g/mol. The number of carbonyl (C=O) groups is 1. The minimum absolute atomic E-state index is 0.0808. The number of likely N-dealkylation sites (N-methyl/N-ethyl adjacent to an activating group) is 1. The highest BCUT2D eigenvalue weighted by Crippen LogP contribution is 2.25. The van der Waals surface area contributed by atoms with Gasteiger partial charge in [0.25, 0.3) is 0 Å². The van der Waals surface area contributed by atoms with Gasteiger partial charge < -0.3 is 10.0 Å². The Labute approximate surface area is 109 Å². The Morgan fingerprint density at radius 3 is 2.28 bits per heavy atom. The Kier molecular flexibility index (Phi) is 5.10. The smallest absolute Gasteiger partial charge is 0.330 e. The van der Waals surface area contributed by atoms with E-state index in [2.05, 4.69) is 11.8 Å². The fourth-order valence-electron chi connectivity index (χ4n) is 1.85. The van der Waals surface area contributed by atoms with Gasteiger partial charge in [-0.25, -0.2) is 4.79 Å². The van der Waals surface area contributed by atoms with Crippen molar-refractivity contribution in [2.75, 3.05) is 14.1 Å². The summed E-state index contributed by atoms with van der Waals surface area (Å²) in [6.45, 7) is 3.74. The van der Waals surface area contributed by atoms with Crippen molar-refractivity contribution < 1.29 is 9.90 Å². The maximum atomic E-state index is 11.0. The zero-order valence-corrected chi connectivity index (χ0v) is 11.4. The van der Waals surface area contributed by atoms with Gasteiger partial charge in [0.1, 0.15) is 0 Å². The van der Waals surface area contributed by atoms with E-state index in [1.165, 1.54) is 0 Å². The summed E-state index contributed by atoms with van der Waals surface area (Å²) in [5, 5.41) is 9.02.